The van der Waals surface area contributed by atoms with E-state index in [2.05, 4.69) is 4.90 Å². The minimum atomic E-state index is -4.44. The van der Waals surface area contributed by atoms with Crippen molar-refractivity contribution in [2.45, 2.75) is 19.6 Å². The highest BCUT2D eigenvalue weighted by Gasteiger charge is 2.31. The molecule has 1 aliphatic heterocycles. The van der Waals surface area contributed by atoms with Crippen molar-refractivity contribution in [2.24, 2.45) is 0 Å². The van der Waals surface area contributed by atoms with E-state index < -0.39 is 11.7 Å². The van der Waals surface area contributed by atoms with E-state index in [-0.39, 0.29) is 12.5 Å². The number of aryl methyl sites for hydroxylation is 1. The summed E-state index contributed by atoms with van der Waals surface area (Å²) in [6.45, 7) is 4.16. The van der Waals surface area contributed by atoms with E-state index in [0.29, 0.717) is 59.3 Å². The molecule has 5 nitrogen and oxygen atoms in total. The van der Waals surface area contributed by atoms with Crippen molar-refractivity contribution < 1.29 is 22.4 Å². The minimum absolute atomic E-state index is 0.118. The van der Waals surface area contributed by atoms with E-state index in [1.54, 1.807) is 34.6 Å². The molecule has 4 aromatic rings. The average Bonchev–Trinajstić information content (AvgIpc) is 3.35. The molecule has 9 heteroatoms. The molecule has 0 atom stereocenters. The Balaban J connectivity index is 1.41. The summed E-state index contributed by atoms with van der Waals surface area (Å²) in [7, 11) is 0. The number of hydrogen-bond donors (Lipinski definition) is 0. The second kappa shape index (κ2) is 9.00. The van der Waals surface area contributed by atoms with Crippen LogP contribution in [0.15, 0.2) is 65.1 Å². The first-order valence-electron chi connectivity index (χ1n) is 11.3. The van der Waals surface area contributed by atoms with Gasteiger partial charge in [0.1, 0.15) is 11.5 Å². The molecule has 3 heterocycles. The molecule has 0 N–H and O–H groups in total. The Labute approximate surface area is 205 Å². The van der Waals surface area contributed by atoms with Gasteiger partial charge in [-0.3, -0.25) is 4.79 Å². The molecule has 0 saturated carbocycles. The van der Waals surface area contributed by atoms with Gasteiger partial charge in [-0.05, 0) is 36.8 Å². The highest BCUT2D eigenvalue weighted by atomic mass is 35.5. The number of anilines is 1. The van der Waals surface area contributed by atoms with Crippen LogP contribution in [0.25, 0.3) is 11.1 Å². The molecular weight excluding hydrogens is 479 g/mol. The predicted molar refractivity (Wildman–Crippen MR) is 129 cm³/mol. The second-order valence-electron chi connectivity index (χ2n) is 8.65. The van der Waals surface area contributed by atoms with Crippen molar-refractivity contribution in [3.8, 4) is 0 Å². The van der Waals surface area contributed by atoms with E-state index in [0.717, 1.165) is 17.8 Å². The molecule has 35 heavy (non-hydrogen) atoms. The van der Waals surface area contributed by atoms with E-state index >= 15 is 0 Å². The van der Waals surface area contributed by atoms with E-state index in [9.17, 15) is 18.0 Å². The van der Waals surface area contributed by atoms with Crippen molar-refractivity contribution in [1.82, 2.24) is 9.47 Å². The third-order valence-corrected chi connectivity index (χ3v) is 6.61. The molecule has 0 unspecified atom stereocenters. The Morgan fingerprint density at radius 2 is 1.74 bits per heavy atom. The van der Waals surface area contributed by atoms with Crippen LogP contribution in [0.5, 0.6) is 0 Å². The van der Waals surface area contributed by atoms with Crippen molar-refractivity contribution in [1.29, 1.82) is 0 Å². The van der Waals surface area contributed by atoms with Crippen LogP contribution in [-0.4, -0.2) is 41.6 Å². The van der Waals surface area contributed by atoms with Gasteiger partial charge in [0.15, 0.2) is 5.58 Å². The van der Waals surface area contributed by atoms with Crippen molar-refractivity contribution in [3.63, 3.8) is 0 Å². The van der Waals surface area contributed by atoms with Crippen molar-refractivity contribution in [3.05, 3.63) is 88.3 Å². The Hall–Kier alpha value is -3.39. The van der Waals surface area contributed by atoms with Gasteiger partial charge in [-0.15, -0.1) is 0 Å². The number of amides is 1. The molecule has 1 saturated heterocycles. The Bertz CT molecular complexity index is 1380. The molecule has 0 bridgehead atoms. The number of hydrogen-bond acceptors (Lipinski definition) is 3. The summed E-state index contributed by atoms with van der Waals surface area (Å²) in [5.41, 5.74) is 2.27. The molecule has 5 rings (SSSR count). The predicted octanol–water partition coefficient (Wildman–Crippen LogP) is 6.23. The van der Waals surface area contributed by atoms with E-state index in [4.69, 9.17) is 16.0 Å². The maximum atomic E-state index is 13.5. The standard InChI is InChI=1S/C26H23ClF3N3O2/c1-17-13-22-24(35-17)15-23(33(22)16-18-5-4-6-19(14-18)26(28,29)30)25(34)32-11-9-31(10-12-32)21-8-3-2-7-20(21)27/h2-8,13-15H,9-12,16H2,1H3. The molecule has 0 spiro atoms. The van der Waals surface area contributed by atoms with Crippen molar-refractivity contribution in [2.75, 3.05) is 31.1 Å². The topological polar surface area (TPSA) is 41.6 Å². The Morgan fingerprint density at radius 3 is 2.46 bits per heavy atom. The summed E-state index contributed by atoms with van der Waals surface area (Å²) in [5.74, 6) is 0.486. The van der Waals surface area contributed by atoms with Gasteiger partial charge >= 0.3 is 6.18 Å². The first-order chi connectivity index (χ1) is 16.7. The van der Waals surface area contributed by atoms with Crippen LogP contribution in [0.2, 0.25) is 5.02 Å². The number of furan rings is 1. The minimum Gasteiger partial charge on any atom is -0.460 e. The van der Waals surface area contributed by atoms with Crippen LogP contribution >= 0.6 is 11.6 Å². The average molecular weight is 502 g/mol. The summed E-state index contributed by atoms with van der Waals surface area (Å²) in [6.07, 6.45) is -4.44. The van der Waals surface area contributed by atoms with Gasteiger partial charge in [0.2, 0.25) is 0 Å². The van der Waals surface area contributed by atoms with Crippen LogP contribution in [0.3, 0.4) is 0 Å². The monoisotopic (exact) mass is 501 g/mol. The number of para-hydroxylation sites is 1. The number of piperazine rings is 1. The quantitative estimate of drug-likeness (QED) is 0.333. The van der Waals surface area contributed by atoms with Gasteiger partial charge in [0.05, 0.1) is 21.8 Å². The maximum Gasteiger partial charge on any atom is 0.416 e. The van der Waals surface area contributed by atoms with Gasteiger partial charge in [0, 0.05) is 44.9 Å². The lowest BCUT2D eigenvalue weighted by Gasteiger charge is -2.36. The number of alkyl halides is 3. The van der Waals surface area contributed by atoms with Gasteiger partial charge in [-0.25, -0.2) is 0 Å². The van der Waals surface area contributed by atoms with Gasteiger partial charge < -0.3 is 18.8 Å². The lowest BCUT2D eigenvalue weighted by atomic mass is 10.1. The highest BCUT2D eigenvalue weighted by molar-refractivity contribution is 6.33. The normalized spacial score (nSPS) is 14.7. The maximum absolute atomic E-state index is 13.5. The number of nitrogens with zero attached hydrogens (tertiary/aromatic N) is 3. The summed E-state index contributed by atoms with van der Waals surface area (Å²) >= 11 is 6.33. The molecular formula is C26H23ClF3N3O2. The zero-order chi connectivity index (χ0) is 24.7. The number of carbonyl (C=O) groups excluding carboxylic acids is 1. The van der Waals surface area contributed by atoms with Crippen LogP contribution < -0.4 is 4.90 Å². The molecule has 0 radical (unpaired) electrons. The van der Waals surface area contributed by atoms with Gasteiger partial charge in [-0.2, -0.15) is 13.2 Å². The fourth-order valence-electron chi connectivity index (χ4n) is 4.56. The summed E-state index contributed by atoms with van der Waals surface area (Å²) in [6, 6.07) is 16.3. The Morgan fingerprint density at radius 1 is 1.00 bits per heavy atom. The lowest BCUT2D eigenvalue weighted by molar-refractivity contribution is -0.137. The molecule has 2 aromatic carbocycles. The van der Waals surface area contributed by atoms with Crippen LogP contribution in [0, 0.1) is 6.92 Å². The molecule has 1 amide bonds. The Kier molecular flexibility index (Phi) is 6.01. The zero-order valence-electron chi connectivity index (χ0n) is 19.0. The summed E-state index contributed by atoms with van der Waals surface area (Å²) in [5, 5.41) is 0.665. The number of fused-ring (bicyclic) bond motifs is 1. The number of aromatic nitrogens is 1. The fraction of sp³-hybridized carbons (Fsp3) is 0.269. The molecule has 1 aliphatic rings. The number of carbonyl (C=O) groups is 1. The molecule has 1 fully saturated rings. The summed E-state index contributed by atoms with van der Waals surface area (Å²) in [4.78, 5) is 17.4. The van der Waals surface area contributed by atoms with E-state index in [1.807, 2.05) is 24.3 Å². The first-order valence-corrected chi connectivity index (χ1v) is 11.6. The van der Waals surface area contributed by atoms with Gasteiger partial charge in [-0.1, -0.05) is 35.9 Å². The van der Waals surface area contributed by atoms with E-state index in [1.165, 1.54) is 6.07 Å². The fourth-order valence-corrected chi connectivity index (χ4v) is 4.82. The highest BCUT2D eigenvalue weighted by Crippen LogP contribution is 2.31. The summed E-state index contributed by atoms with van der Waals surface area (Å²) < 4.78 is 47.2. The van der Waals surface area contributed by atoms with Gasteiger partial charge in [0.25, 0.3) is 5.91 Å². The SMILES string of the molecule is Cc1cc2c(cc(C(=O)N3CCN(c4ccccc4Cl)CC3)n2Cc2cccc(C(F)(F)F)c2)o1. The third-order valence-electron chi connectivity index (χ3n) is 6.29. The zero-order valence-corrected chi connectivity index (χ0v) is 19.7. The molecule has 2 aromatic heterocycles. The smallest absolute Gasteiger partial charge is 0.416 e. The second-order valence-corrected chi connectivity index (χ2v) is 9.06. The number of halogens is 4. The number of rotatable bonds is 4. The third kappa shape index (κ3) is 4.62. The molecule has 182 valence electrons. The molecule has 0 aliphatic carbocycles. The lowest BCUT2D eigenvalue weighted by Crippen LogP contribution is -2.49. The number of benzene rings is 2. The van der Waals surface area contributed by atoms with Crippen LogP contribution in [0.1, 0.15) is 27.4 Å². The van der Waals surface area contributed by atoms with Crippen LogP contribution in [0.4, 0.5) is 18.9 Å². The largest absolute Gasteiger partial charge is 0.460 e. The van der Waals surface area contributed by atoms with Crippen molar-refractivity contribution >= 4 is 34.3 Å². The first kappa shape index (κ1) is 23.4. The van der Waals surface area contributed by atoms with Crippen LogP contribution in [-0.2, 0) is 12.7 Å².